The van der Waals surface area contributed by atoms with E-state index in [1.807, 2.05) is 4.90 Å². The van der Waals surface area contributed by atoms with E-state index in [1.54, 1.807) is 30.3 Å². The molecule has 1 aromatic carbocycles. The van der Waals surface area contributed by atoms with Gasteiger partial charge in [-0.1, -0.05) is 56.7 Å². The second-order valence-corrected chi connectivity index (χ2v) is 9.45. The molecule has 2 fully saturated rings. The summed E-state index contributed by atoms with van der Waals surface area (Å²) in [5, 5.41) is 0. The molecule has 138 valence electrons. The van der Waals surface area contributed by atoms with Crippen molar-refractivity contribution in [3.63, 3.8) is 0 Å². The summed E-state index contributed by atoms with van der Waals surface area (Å²) in [6, 6.07) is 8.82. The van der Waals surface area contributed by atoms with Crippen molar-refractivity contribution in [2.75, 3.05) is 5.75 Å². The van der Waals surface area contributed by atoms with E-state index in [9.17, 15) is 13.2 Å². The average molecular weight is 364 g/mol. The predicted molar refractivity (Wildman–Crippen MR) is 99.1 cm³/mol. The third-order valence-corrected chi connectivity index (χ3v) is 7.26. The van der Waals surface area contributed by atoms with E-state index in [2.05, 4.69) is 0 Å². The molecule has 1 aromatic rings. The first-order valence-electron chi connectivity index (χ1n) is 9.67. The maximum Gasteiger partial charge on any atom is 0.238 e. The third kappa shape index (κ3) is 4.63. The molecule has 0 bridgehead atoms. The molecule has 0 saturated heterocycles. The first-order chi connectivity index (χ1) is 12.1. The van der Waals surface area contributed by atoms with E-state index in [-0.39, 0.29) is 22.9 Å². The van der Waals surface area contributed by atoms with Gasteiger partial charge in [0.2, 0.25) is 5.91 Å². The van der Waals surface area contributed by atoms with E-state index < -0.39 is 15.6 Å². The van der Waals surface area contributed by atoms with Crippen LogP contribution in [0.25, 0.3) is 0 Å². The molecule has 5 heteroatoms. The van der Waals surface area contributed by atoms with E-state index in [4.69, 9.17) is 0 Å². The molecule has 2 aliphatic carbocycles. The summed E-state index contributed by atoms with van der Waals surface area (Å²) in [7, 11) is -3.57. The Labute approximate surface area is 151 Å². The fraction of sp³-hybridized carbons (Fsp3) is 0.650. The fourth-order valence-electron chi connectivity index (χ4n) is 4.37. The number of rotatable bonds is 5. The van der Waals surface area contributed by atoms with Gasteiger partial charge in [-0.2, -0.15) is 0 Å². The quantitative estimate of drug-likeness (QED) is 0.796. The summed E-state index contributed by atoms with van der Waals surface area (Å²) in [4.78, 5) is 15.3. The van der Waals surface area contributed by atoms with Crippen molar-refractivity contribution in [2.24, 2.45) is 0 Å². The van der Waals surface area contributed by atoms with Crippen LogP contribution in [0.4, 0.5) is 0 Å². The van der Waals surface area contributed by atoms with E-state index >= 15 is 0 Å². The number of sulfone groups is 1. The smallest absolute Gasteiger partial charge is 0.238 e. The van der Waals surface area contributed by atoms with Gasteiger partial charge < -0.3 is 4.90 Å². The zero-order valence-corrected chi connectivity index (χ0v) is 15.7. The lowest BCUT2D eigenvalue weighted by Gasteiger charge is -2.41. The summed E-state index contributed by atoms with van der Waals surface area (Å²) in [6.07, 6.45) is 11.1. The minimum atomic E-state index is -3.57. The SMILES string of the molecule is O=C(CS(=O)(=O)c1ccccc1)N(C1CCCCC1)C1CCCCC1. The fourth-order valence-corrected chi connectivity index (χ4v) is 5.58. The van der Waals surface area contributed by atoms with Gasteiger partial charge in [0, 0.05) is 12.1 Å². The van der Waals surface area contributed by atoms with E-state index in [0.717, 1.165) is 51.4 Å². The molecule has 0 radical (unpaired) electrons. The monoisotopic (exact) mass is 363 g/mol. The van der Waals surface area contributed by atoms with Crippen molar-refractivity contribution in [1.29, 1.82) is 0 Å². The van der Waals surface area contributed by atoms with Crippen LogP contribution in [0.5, 0.6) is 0 Å². The van der Waals surface area contributed by atoms with Gasteiger partial charge in [-0.25, -0.2) is 8.42 Å². The maximum atomic E-state index is 13.1. The maximum absolute atomic E-state index is 13.1. The highest BCUT2D eigenvalue weighted by atomic mass is 32.2. The molecule has 0 aliphatic heterocycles. The highest BCUT2D eigenvalue weighted by Crippen LogP contribution is 2.30. The Balaban J connectivity index is 1.78. The molecule has 0 N–H and O–H groups in total. The lowest BCUT2D eigenvalue weighted by atomic mass is 9.88. The largest absolute Gasteiger partial charge is 0.336 e. The topological polar surface area (TPSA) is 54.5 Å². The Bertz CT molecular complexity index is 641. The Morgan fingerprint density at radius 2 is 1.32 bits per heavy atom. The van der Waals surface area contributed by atoms with Crippen LogP contribution in [0.1, 0.15) is 64.2 Å². The van der Waals surface area contributed by atoms with Crippen molar-refractivity contribution >= 4 is 15.7 Å². The second kappa shape index (κ2) is 8.35. The van der Waals surface area contributed by atoms with E-state index in [0.29, 0.717) is 0 Å². The highest BCUT2D eigenvalue weighted by Gasteiger charge is 2.34. The molecule has 0 spiro atoms. The minimum Gasteiger partial charge on any atom is -0.336 e. The van der Waals surface area contributed by atoms with Gasteiger partial charge in [-0.05, 0) is 37.8 Å². The van der Waals surface area contributed by atoms with Gasteiger partial charge in [0.05, 0.1) is 4.90 Å². The molecule has 2 aliphatic rings. The van der Waals surface area contributed by atoms with Crippen molar-refractivity contribution < 1.29 is 13.2 Å². The van der Waals surface area contributed by atoms with Crippen molar-refractivity contribution in [2.45, 2.75) is 81.2 Å². The van der Waals surface area contributed by atoms with Crippen LogP contribution in [-0.4, -0.2) is 37.1 Å². The number of amides is 1. The van der Waals surface area contributed by atoms with Crippen LogP contribution in [-0.2, 0) is 14.6 Å². The summed E-state index contributed by atoms with van der Waals surface area (Å²) >= 11 is 0. The predicted octanol–water partition coefficient (Wildman–Crippen LogP) is 3.95. The third-order valence-electron chi connectivity index (χ3n) is 5.64. The summed E-state index contributed by atoms with van der Waals surface area (Å²) < 4.78 is 25.3. The van der Waals surface area contributed by atoms with Crippen LogP contribution in [0.15, 0.2) is 35.2 Å². The van der Waals surface area contributed by atoms with Crippen LogP contribution in [0.3, 0.4) is 0 Å². The van der Waals surface area contributed by atoms with E-state index in [1.165, 1.54) is 12.8 Å². The van der Waals surface area contributed by atoms with Crippen molar-refractivity contribution in [1.82, 2.24) is 4.90 Å². The molecule has 0 unspecified atom stereocenters. The lowest BCUT2D eigenvalue weighted by molar-refractivity contribution is -0.135. The molecule has 0 atom stereocenters. The molecule has 3 rings (SSSR count). The Hall–Kier alpha value is -1.36. The molecule has 0 heterocycles. The molecular formula is C20H29NO3S. The number of nitrogens with zero attached hydrogens (tertiary/aromatic N) is 1. The summed E-state index contributed by atoms with van der Waals surface area (Å²) in [5.74, 6) is -0.591. The second-order valence-electron chi connectivity index (χ2n) is 7.46. The number of hydrogen-bond donors (Lipinski definition) is 0. The highest BCUT2D eigenvalue weighted by molar-refractivity contribution is 7.92. The van der Waals surface area contributed by atoms with Gasteiger partial charge in [0.1, 0.15) is 5.75 Å². The normalized spacial score (nSPS) is 20.3. The van der Waals surface area contributed by atoms with Gasteiger partial charge in [-0.15, -0.1) is 0 Å². The molecular weight excluding hydrogens is 334 g/mol. The molecule has 0 aromatic heterocycles. The zero-order valence-electron chi connectivity index (χ0n) is 14.9. The summed E-state index contributed by atoms with van der Waals surface area (Å²) in [5.41, 5.74) is 0. The van der Waals surface area contributed by atoms with Gasteiger partial charge in [0.25, 0.3) is 0 Å². The molecule has 2 saturated carbocycles. The molecule has 4 nitrogen and oxygen atoms in total. The average Bonchev–Trinajstić information content (AvgIpc) is 2.64. The number of hydrogen-bond acceptors (Lipinski definition) is 3. The Kier molecular flexibility index (Phi) is 6.15. The van der Waals surface area contributed by atoms with Crippen LogP contribution >= 0.6 is 0 Å². The summed E-state index contributed by atoms with van der Waals surface area (Å²) in [6.45, 7) is 0. The number of carbonyl (C=O) groups is 1. The Morgan fingerprint density at radius 3 is 1.80 bits per heavy atom. The molecule has 1 amide bonds. The van der Waals surface area contributed by atoms with Gasteiger partial charge in [0.15, 0.2) is 9.84 Å². The standard InChI is InChI=1S/C20H29NO3S/c22-20(16-25(23,24)19-14-8-3-9-15-19)21(17-10-4-1-5-11-17)18-12-6-2-7-13-18/h3,8-9,14-15,17-18H,1-2,4-7,10-13,16H2. The van der Waals surface area contributed by atoms with Crippen molar-refractivity contribution in [3.05, 3.63) is 30.3 Å². The lowest BCUT2D eigenvalue weighted by Crippen LogP contribution is -2.50. The first kappa shape index (κ1) is 18.4. The zero-order chi connectivity index (χ0) is 17.7. The van der Waals surface area contributed by atoms with Crippen LogP contribution in [0.2, 0.25) is 0 Å². The van der Waals surface area contributed by atoms with Crippen LogP contribution < -0.4 is 0 Å². The van der Waals surface area contributed by atoms with Crippen LogP contribution in [0, 0.1) is 0 Å². The van der Waals surface area contributed by atoms with Gasteiger partial charge in [-0.3, -0.25) is 4.79 Å². The van der Waals surface area contributed by atoms with Crippen molar-refractivity contribution in [3.8, 4) is 0 Å². The number of carbonyl (C=O) groups excluding carboxylic acids is 1. The molecule has 25 heavy (non-hydrogen) atoms. The minimum absolute atomic E-state index is 0.192. The Morgan fingerprint density at radius 1 is 0.840 bits per heavy atom. The number of benzene rings is 1. The first-order valence-corrected chi connectivity index (χ1v) is 11.3. The van der Waals surface area contributed by atoms with Gasteiger partial charge >= 0.3 is 0 Å².